The van der Waals surface area contributed by atoms with E-state index < -0.39 is 24.4 Å². The lowest BCUT2D eigenvalue weighted by molar-refractivity contribution is -0.256. The predicted octanol–water partition coefficient (Wildman–Crippen LogP) is -2.85. The molecule has 0 aromatic rings. The molecule has 0 aliphatic carbocycles. The third-order valence-corrected chi connectivity index (χ3v) is 8.01. The van der Waals surface area contributed by atoms with Gasteiger partial charge in [0.25, 0.3) is 0 Å². The molecule has 8 N–H and O–H groups in total. The first kappa shape index (κ1) is 62.0. The lowest BCUT2D eigenvalue weighted by Gasteiger charge is -2.37. The van der Waals surface area contributed by atoms with E-state index in [-0.39, 0.29) is 218 Å². The summed E-state index contributed by atoms with van der Waals surface area (Å²) < 4.78 is 69.5. The van der Waals surface area contributed by atoms with E-state index in [1.165, 1.54) is 0 Å². The van der Waals surface area contributed by atoms with E-state index in [1.807, 2.05) is 9.80 Å². The van der Waals surface area contributed by atoms with Crippen molar-refractivity contribution in [2.45, 2.75) is 24.4 Å². The molecule has 0 amide bonds. The highest BCUT2D eigenvalue weighted by atomic mass is 17.1. The predicted molar refractivity (Wildman–Crippen MR) is 216 cm³/mol. The van der Waals surface area contributed by atoms with Crippen LogP contribution in [0.1, 0.15) is 0 Å². The van der Waals surface area contributed by atoms with Gasteiger partial charge in [0.2, 0.25) is 0 Å². The SMILES string of the molecule is OCCOCCOCC(CN(CC(COCCOCCO)OCCOCCO)CN(CC(COCCOO)OCCOO)CC(COCCOO)OCCOO)OCCOCCO. The van der Waals surface area contributed by atoms with Crippen LogP contribution in [0.3, 0.4) is 0 Å². The second-order valence-corrected chi connectivity index (χ2v) is 13.2. The summed E-state index contributed by atoms with van der Waals surface area (Å²) in [5.74, 6) is 0. The summed E-state index contributed by atoms with van der Waals surface area (Å²) in [5.41, 5.74) is 0. The smallest absolute Gasteiger partial charge is 0.105 e. The van der Waals surface area contributed by atoms with Crippen molar-refractivity contribution in [3.05, 3.63) is 0 Å². The largest absolute Gasteiger partial charge is 0.394 e. The van der Waals surface area contributed by atoms with Crippen molar-refractivity contribution in [3.63, 3.8) is 0 Å². The van der Waals surface area contributed by atoms with Crippen molar-refractivity contribution in [1.82, 2.24) is 9.80 Å². The van der Waals surface area contributed by atoms with Gasteiger partial charge in [0.05, 0.1) is 190 Å². The Morgan fingerprint density at radius 3 is 0.762 bits per heavy atom. The zero-order chi connectivity index (χ0) is 46.1. The van der Waals surface area contributed by atoms with Crippen LogP contribution in [0.2, 0.25) is 0 Å². The van der Waals surface area contributed by atoms with Crippen LogP contribution in [0.4, 0.5) is 0 Å². The van der Waals surface area contributed by atoms with Gasteiger partial charge in [0.15, 0.2) is 0 Å². The van der Waals surface area contributed by atoms with E-state index in [1.54, 1.807) is 0 Å². The average molecular weight is 935 g/mol. The number of nitrogens with zero attached hydrogens (tertiary/aromatic N) is 2. The zero-order valence-corrected chi connectivity index (χ0v) is 36.6. The Kier molecular flexibility index (Phi) is 49.5. The van der Waals surface area contributed by atoms with Crippen molar-refractivity contribution < 1.29 is 118 Å². The van der Waals surface area contributed by atoms with Crippen LogP contribution in [0.25, 0.3) is 0 Å². The van der Waals surface area contributed by atoms with Gasteiger partial charge in [0, 0.05) is 26.2 Å². The molecule has 0 aromatic carbocycles. The highest BCUT2D eigenvalue weighted by Crippen LogP contribution is 2.11. The summed E-state index contributed by atoms with van der Waals surface area (Å²) in [5, 5.41) is 72.2. The number of aliphatic hydroxyl groups excluding tert-OH is 4. The molecule has 0 bridgehead atoms. The summed E-state index contributed by atoms with van der Waals surface area (Å²) in [6.07, 6.45) is -2.40. The van der Waals surface area contributed by atoms with Crippen molar-refractivity contribution in [2.75, 3.05) is 218 Å². The van der Waals surface area contributed by atoms with Crippen LogP contribution in [-0.2, 0) is 76.4 Å². The Hall–Kier alpha value is -1.04. The minimum Gasteiger partial charge on any atom is -0.394 e. The normalized spacial score (nSPS) is 14.0. The van der Waals surface area contributed by atoms with Crippen molar-refractivity contribution in [2.24, 2.45) is 0 Å². The molecule has 0 spiro atoms. The Bertz CT molecular complexity index is 821. The van der Waals surface area contributed by atoms with Gasteiger partial charge in [0.1, 0.15) is 26.4 Å². The Morgan fingerprint density at radius 1 is 0.270 bits per heavy atom. The molecule has 0 aromatic heterocycles. The monoisotopic (exact) mass is 934 g/mol. The van der Waals surface area contributed by atoms with Gasteiger partial charge in [-0.2, -0.15) is 0 Å². The van der Waals surface area contributed by atoms with E-state index in [9.17, 15) is 10.2 Å². The molecule has 0 heterocycles. The quantitative estimate of drug-likeness (QED) is 0.0132. The molecule has 0 saturated carbocycles. The zero-order valence-electron chi connectivity index (χ0n) is 36.6. The first-order valence-corrected chi connectivity index (χ1v) is 21.0. The lowest BCUT2D eigenvalue weighted by Crippen LogP contribution is -2.52. The van der Waals surface area contributed by atoms with Crippen molar-refractivity contribution in [3.8, 4) is 0 Å². The van der Waals surface area contributed by atoms with Crippen LogP contribution in [0.15, 0.2) is 0 Å². The molecular weight excluding hydrogens is 856 g/mol. The molecule has 0 radical (unpaired) electrons. The maximum Gasteiger partial charge on any atom is 0.105 e. The molecule has 26 nitrogen and oxygen atoms in total. The molecular formula is C37H78N2O24. The number of aliphatic hydroxyl groups is 4. The third kappa shape index (κ3) is 42.1. The molecule has 0 aliphatic rings. The van der Waals surface area contributed by atoms with Gasteiger partial charge in [-0.1, -0.05) is 0 Å². The molecule has 4 atom stereocenters. The fraction of sp³-hybridized carbons (Fsp3) is 1.00. The molecule has 0 aliphatic heterocycles. The molecule has 63 heavy (non-hydrogen) atoms. The molecule has 380 valence electrons. The fourth-order valence-electron chi connectivity index (χ4n) is 5.43. The topological polar surface area (TPSA) is 316 Å². The van der Waals surface area contributed by atoms with Gasteiger partial charge in [-0.25, -0.2) is 19.6 Å². The lowest BCUT2D eigenvalue weighted by atomic mass is 10.2. The summed E-state index contributed by atoms with van der Waals surface area (Å²) in [7, 11) is 0. The number of ether oxygens (including phenoxy) is 12. The van der Waals surface area contributed by atoms with Crippen LogP contribution < -0.4 is 0 Å². The summed E-state index contributed by atoms with van der Waals surface area (Å²) in [4.78, 5) is 20.8. The summed E-state index contributed by atoms with van der Waals surface area (Å²) in [6, 6.07) is 0. The highest BCUT2D eigenvalue weighted by molar-refractivity contribution is 4.77. The van der Waals surface area contributed by atoms with Gasteiger partial charge in [-0.15, -0.1) is 0 Å². The van der Waals surface area contributed by atoms with Crippen molar-refractivity contribution >= 4 is 0 Å². The average Bonchev–Trinajstić information content (AvgIpc) is 3.28. The number of hydrogen-bond donors (Lipinski definition) is 8. The number of hydrogen-bond acceptors (Lipinski definition) is 26. The van der Waals surface area contributed by atoms with Crippen LogP contribution in [0.5, 0.6) is 0 Å². The Labute approximate surface area is 369 Å². The third-order valence-electron chi connectivity index (χ3n) is 8.01. The van der Waals surface area contributed by atoms with E-state index in [4.69, 9.17) is 88.1 Å². The van der Waals surface area contributed by atoms with Gasteiger partial charge >= 0.3 is 0 Å². The summed E-state index contributed by atoms with van der Waals surface area (Å²) in [6.45, 7) is 2.71. The second kappa shape index (κ2) is 50.4. The first-order valence-electron chi connectivity index (χ1n) is 21.0. The Morgan fingerprint density at radius 2 is 0.492 bits per heavy atom. The number of rotatable bonds is 54. The maximum atomic E-state index is 9.19. The van der Waals surface area contributed by atoms with Crippen LogP contribution >= 0.6 is 0 Å². The first-order chi connectivity index (χ1) is 31.0. The molecule has 26 heteroatoms. The van der Waals surface area contributed by atoms with Crippen LogP contribution in [-0.4, -0.2) is 294 Å². The second-order valence-electron chi connectivity index (χ2n) is 13.2. The molecule has 0 rings (SSSR count). The Balaban J connectivity index is 6.89. The van der Waals surface area contributed by atoms with Crippen molar-refractivity contribution in [1.29, 1.82) is 0 Å². The van der Waals surface area contributed by atoms with Gasteiger partial charge in [-0.3, -0.25) is 30.8 Å². The molecule has 4 unspecified atom stereocenters. The van der Waals surface area contributed by atoms with E-state index in [0.29, 0.717) is 0 Å². The van der Waals surface area contributed by atoms with E-state index in [0.717, 1.165) is 0 Å². The van der Waals surface area contributed by atoms with Gasteiger partial charge in [-0.05, 0) is 0 Å². The van der Waals surface area contributed by atoms with E-state index >= 15 is 0 Å². The standard InChI is InChI=1S/C37H78N2O24/c40-1-5-48-9-11-52-29-34(56-17-13-50-7-3-42)25-38(26-35(57-18-14-51-8-4-43)30-53-12-10-49-6-2-41)33-39(27-36(58-19-23-62-46)31-54-15-21-60-44)28-37(59-20-24-63-47)32-55-16-22-61-45/h34-37,40-47H,1-33H2. The maximum absolute atomic E-state index is 9.19. The molecule has 0 saturated heterocycles. The fourth-order valence-corrected chi connectivity index (χ4v) is 5.43. The minimum atomic E-state index is -0.637. The molecule has 0 fully saturated rings. The van der Waals surface area contributed by atoms with E-state index in [2.05, 4.69) is 19.6 Å². The van der Waals surface area contributed by atoms with Gasteiger partial charge < -0.3 is 77.3 Å². The highest BCUT2D eigenvalue weighted by Gasteiger charge is 2.27. The minimum absolute atomic E-state index is 0.00212. The van der Waals surface area contributed by atoms with Crippen LogP contribution in [0, 0.1) is 0 Å². The summed E-state index contributed by atoms with van der Waals surface area (Å²) >= 11 is 0.